The third-order valence-corrected chi connectivity index (χ3v) is 1.74. The van der Waals surface area contributed by atoms with Crippen LogP contribution in [0.2, 0.25) is 0 Å². The molecule has 0 fully saturated rings. The minimum atomic E-state index is -0.166. The molecule has 3 heteroatoms. The number of rotatable bonds is 2. The number of aliphatic hydroxyl groups excluding tert-OH is 1. The molecule has 3 nitrogen and oxygen atoms in total. The van der Waals surface area contributed by atoms with Crippen LogP contribution in [0.1, 0.15) is 13.3 Å². The molecule has 0 heterocycles. The lowest BCUT2D eigenvalue weighted by atomic mass is 9.96. The summed E-state index contributed by atoms with van der Waals surface area (Å²) in [6, 6.07) is 0. The Balaban J connectivity index is 2.85. The quantitative estimate of drug-likeness (QED) is 0.604. The zero-order chi connectivity index (χ0) is 9.14. The van der Waals surface area contributed by atoms with Gasteiger partial charge in [-0.15, -0.1) is 0 Å². The molecule has 64 valence electrons. The summed E-state index contributed by atoms with van der Waals surface area (Å²) in [6.07, 6.45) is 2.87. The highest BCUT2D eigenvalue weighted by Crippen LogP contribution is 2.13. The number of allylic oxidation sites excluding steroid dienone is 3. The number of aliphatic hydroxyl groups is 1. The molecule has 0 saturated heterocycles. The van der Waals surface area contributed by atoms with Crippen LogP contribution in [0.5, 0.6) is 0 Å². The molecule has 0 unspecified atom stereocenters. The Morgan fingerprint density at radius 2 is 1.92 bits per heavy atom. The smallest absolute Gasteiger partial charge is 0.182 e. The van der Waals surface area contributed by atoms with Crippen molar-refractivity contribution in [2.75, 3.05) is 6.61 Å². The number of carbonyl (C=O) groups excluding carboxylic acids is 2. The normalized spacial score (nSPS) is 17.5. The number of carbonyl (C=O) groups is 2. The fourth-order valence-corrected chi connectivity index (χ4v) is 1.02. The van der Waals surface area contributed by atoms with Crippen LogP contribution in [0.25, 0.3) is 0 Å². The van der Waals surface area contributed by atoms with Gasteiger partial charge in [-0.05, 0) is 25.5 Å². The van der Waals surface area contributed by atoms with E-state index in [1.165, 1.54) is 12.2 Å². The topological polar surface area (TPSA) is 54.4 Å². The first-order valence-electron chi connectivity index (χ1n) is 3.73. The van der Waals surface area contributed by atoms with Gasteiger partial charge in [0.15, 0.2) is 11.6 Å². The lowest BCUT2D eigenvalue weighted by Gasteiger charge is -2.07. The molecule has 0 radical (unpaired) electrons. The molecular formula is C9H10O3. The minimum Gasteiger partial charge on any atom is -0.396 e. The molecule has 1 aliphatic rings. The van der Waals surface area contributed by atoms with Crippen molar-refractivity contribution < 1.29 is 14.7 Å². The fourth-order valence-electron chi connectivity index (χ4n) is 1.02. The largest absolute Gasteiger partial charge is 0.396 e. The van der Waals surface area contributed by atoms with Crippen molar-refractivity contribution in [2.45, 2.75) is 13.3 Å². The van der Waals surface area contributed by atoms with E-state index in [0.29, 0.717) is 11.1 Å². The molecule has 0 saturated carbocycles. The maximum atomic E-state index is 11.1. The van der Waals surface area contributed by atoms with Gasteiger partial charge < -0.3 is 5.11 Å². The maximum Gasteiger partial charge on any atom is 0.182 e. The molecule has 0 bridgehead atoms. The standard InChI is InChI=1S/C9H10O3/c1-6-4-9(12)7(2-3-10)5-8(6)11/h4-5,10H,2-3H2,1H3. The minimum absolute atomic E-state index is 0.0995. The van der Waals surface area contributed by atoms with E-state index in [1.54, 1.807) is 6.92 Å². The van der Waals surface area contributed by atoms with Crippen LogP contribution in [-0.4, -0.2) is 23.3 Å². The van der Waals surface area contributed by atoms with Crippen molar-refractivity contribution in [3.63, 3.8) is 0 Å². The summed E-state index contributed by atoms with van der Waals surface area (Å²) in [5.74, 6) is -0.306. The van der Waals surface area contributed by atoms with Crippen LogP contribution >= 0.6 is 0 Å². The Morgan fingerprint density at radius 3 is 2.50 bits per heavy atom. The molecule has 0 aromatic rings. The highest BCUT2D eigenvalue weighted by Gasteiger charge is 2.16. The van der Waals surface area contributed by atoms with Gasteiger partial charge in [0.2, 0.25) is 0 Å². The maximum absolute atomic E-state index is 11.1. The van der Waals surface area contributed by atoms with Crippen molar-refractivity contribution in [3.8, 4) is 0 Å². The monoisotopic (exact) mass is 166 g/mol. The van der Waals surface area contributed by atoms with Crippen LogP contribution in [0.15, 0.2) is 23.3 Å². The average Bonchev–Trinajstić information content (AvgIpc) is 2.01. The lowest BCUT2D eigenvalue weighted by Crippen LogP contribution is -2.12. The summed E-state index contributed by atoms with van der Waals surface area (Å²) in [5, 5.41) is 8.56. The Bertz CT molecular complexity index is 284. The van der Waals surface area contributed by atoms with Gasteiger partial charge in [-0.3, -0.25) is 9.59 Å². The van der Waals surface area contributed by atoms with Crippen LogP contribution in [0.4, 0.5) is 0 Å². The van der Waals surface area contributed by atoms with E-state index in [9.17, 15) is 9.59 Å². The Labute approximate surface area is 70.4 Å². The summed E-state index contributed by atoms with van der Waals surface area (Å²) in [6.45, 7) is 1.50. The first-order valence-corrected chi connectivity index (χ1v) is 3.73. The van der Waals surface area contributed by atoms with E-state index in [1.807, 2.05) is 0 Å². The summed E-state index contributed by atoms with van der Waals surface area (Å²) in [7, 11) is 0. The highest BCUT2D eigenvalue weighted by atomic mass is 16.3. The van der Waals surface area contributed by atoms with Crippen molar-refractivity contribution in [1.29, 1.82) is 0 Å². The van der Waals surface area contributed by atoms with Gasteiger partial charge in [0.25, 0.3) is 0 Å². The average molecular weight is 166 g/mol. The van der Waals surface area contributed by atoms with E-state index < -0.39 is 0 Å². The Hall–Kier alpha value is -1.22. The van der Waals surface area contributed by atoms with Gasteiger partial charge in [-0.1, -0.05) is 0 Å². The lowest BCUT2D eigenvalue weighted by molar-refractivity contribution is -0.115. The molecule has 0 atom stereocenters. The first-order chi connectivity index (χ1) is 5.65. The summed E-state index contributed by atoms with van der Waals surface area (Å²) in [4.78, 5) is 22.2. The van der Waals surface area contributed by atoms with Crippen molar-refractivity contribution in [2.24, 2.45) is 0 Å². The molecule has 1 rings (SSSR count). The van der Waals surface area contributed by atoms with Gasteiger partial charge in [0.05, 0.1) is 0 Å². The second-order valence-corrected chi connectivity index (χ2v) is 2.70. The molecule has 0 aromatic carbocycles. The summed E-state index contributed by atoms with van der Waals surface area (Å²) < 4.78 is 0. The van der Waals surface area contributed by atoms with Crippen LogP contribution in [0.3, 0.4) is 0 Å². The molecule has 12 heavy (non-hydrogen) atoms. The van der Waals surface area contributed by atoms with Crippen molar-refractivity contribution >= 4 is 11.6 Å². The van der Waals surface area contributed by atoms with Gasteiger partial charge in [0, 0.05) is 17.8 Å². The molecular weight excluding hydrogens is 156 g/mol. The predicted molar refractivity (Wildman–Crippen MR) is 43.6 cm³/mol. The molecule has 0 aliphatic heterocycles. The molecule has 0 amide bonds. The van der Waals surface area contributed by atoms with Crippen molar-refractivity contribution in [3.05, 3.63) is 23.3 Å². The Kier molecular flexibility index (Phi) is 2.55. The summed E-state index contributed by atoms with van der Waals surface area (Å²) >= 11 is 0. The molecule has 0 spiro atoms. The third-order valence-electron chi connectivity index (χ3n) is 1.74. The SMILES string of the molecule is CC1=CC(=O)C(CCO)=CC1=O. The summed E-state index contributed by atoms with van der Waals surface area (Å²) in [5.41, 5.74) is 0.856. The number of hydrogen-bond acceptors (Lipinski definition) is 3. The number of hydrogen-bond donors (Lipinski definition) is 1. The second kappa shape index (κ2) is 3.45. The van der Waals surface area contributed by atoms with Gasteiger partial charge in [-0.25, -0.2) is 0 Å². The predicted octanol–water partition coefficient (Wildman–Crippen LogP) is 0.393. The van der Waals surface area contributed by atoms with Gasteiger partial charge in [0.1, 0.15) is 0 Å². The first kappa shape index (κ1) is 8.87. The van der Waals surface area contributed by atoms with Crippen LogP contribution in [0, 0.1) is 0 Å². The van der Waals surface area contributed by atoms with E-state index in [-0.39, 0.29) is 24.6 Å². The van der Waals surface area contributed by atoms with E-state index in [2.05, 4.69) is 0 Å². The zero-order valence-corrected chi connectivity index (χ0v) is 6.83. The van der Waals surface area contributed by atoms with E-state index >= 15 is 0 Å². The molecule has 0 aromatic heterocycles. The zero-order valence-electron chi connectivity index (χ0n) is 6.83. The van der Waals surface area contributed by atoms with E-state index in [0.717, 1.165) is 0 Å². The molecule has 1 N–H and O–H groups in total. The molecule has 1 aliphatic carbocycles. The fraction of sp³-hybridized carbons (Fsp3) is 0.333. The van der Waals surface area contributed by atoms with Crippen LogP contribution < -0.4 is 0 Å². The highest BCUT2D eigenvalue weighted by molar-refractivity contribution is 6.19. The van der Waals surface area contributed by atoms with Gasteiger partial charge >= 0.3 is 0 Å². The Morgan fingerprint density at radius 1 is 1.25 bits per heavy atom. The van der Waals surface area contributed by atoms with Gasteiger partial charge in [-0.2, -0.15) is 0 Å². The third kappa shape index (κ3) is 1.68. The van der Waals surface area contributed by atoms with Crippen LogP contribution in [-0.2, 0) is 9.59 Å². The van der Waals surface area contributed by atoms with Crippen molar-refractivity contribution in [1.82, 2.24) is 0 Å². The second-order valence-electron chi connectivity index (χ2n) is 2.70. The van der Waals surface area contributed by atoms with E-state index in [4.69, 9.17) is 5.11 Å². The number of ketones is 2.